The van der Waals surface area contributed by atoms with E-state index in [9.17, 15) is 18.0 Å². The number of methoxy groups -OCH3 is 1. The first-order valence-electron chi connectivity index (χ1n) is 15.2. The Morgan fingerprint density at radius 3 is 2.18 bits per heavy atom. The van der Waals surface area contributed by atoms with Crippen molar-refractivity contribution in [3.8, 4) is 5.75 Å². The predicted octanol–water partition coefficient (Wildman–Crippen LogP) is 7.07. The summed E-state index contributed by atoms with van der Waals surface area (Å²) in [6, 6.07) is 15.7. The summed E-state index contributed by atoms with van der Waals surface area (Å²) < 4.78 is 35.1. The lowest BCUT2D eigenvalue weighted by Gasteiger charge is -2.35. The Balaban J connectivity index is 1.79. The van der Waals surface area contributed by atoms with Gasteiger partial charge in [0, 0.05) is 28.2 Å². The van der Waals surface area contributed by atoms with Crippen LogP contribution in [0.2, 0.25) is 10.0 Å². The molecule has 11 heteroatoms. The molecule has 2 amide bonds. The molecule has 1 atom stereocenters. The van der Waals surface area contributed by atoms with Crippen molar-refractivity contribution in [2.75, 3.05) is 18.0 Å². The molecule has 1 aliphatic rings. The molecule has 0 heterocycles. The largest absolute Gasteiger partial charge is 0.495 e. The van der Waals surface area contributed by atoms with E-state index in [0.29, 0.717) is 22.0 Å². The maximum atomic E-state index is 14.5. The van der Waals surface area contributed by atoms with Gasteiger partial charge in [-0.2, -0.15) is 0 Å². The highest BCUT2D eigenvalue weighted by atomic mass is 35.5. The lowest BCUT2D eigenvalue weighted by atomic mass is 9.95. The monoisotopic (exact) mass is 673 g/mol. The normalized spacial score (nSPS) is 14.4. The first-order valence-corrected chi connectivity index (χ1v) is 17.4. The molecule has 1 fully saturated rings. The van der Waals surface area contributed by atoms with E-state index in [0.717, 1.165) is 47.5 Å². The molecule has 0 aromatic heterocycles. The maximum absolute atomic E-state index is 14.5. The van der Waals surface area contributed by atoms with E-state index in [2.05, 4.69) is 5.32 Å². The van der Waals surface area contributed by atoms with Crippen LogP contribution in [0.3, 0.4) is 0 Å². The highest BCUT2D eigenvalue weighted by molar-refractivity contribution is 7.92. The number of nitrogens with zero attached hydrogens (tertiary/aromatic N) is 2. The summed E-state index contributed by atoms with van der Waals surface area (Å²) in [4.78, 5) is 29.7. The Hall–Kier alpha value is -3.27. The van der Waals surface area contributed by atoms with Crippen molar-refractivity contribution in [1.82, 2.24) is 10.2 Å². The van der Waals surface area contributed by atoms with Gasteiger partial charge in [-0.1, -0.05) is 79.2 Å². The quantitative estimate of drug-likeness (QED) is 0.222. The smallest absolute Gasteiger partial charge is 0.264 e. The molecule has 1 saturated carbocycles. The van der Waals surface area contributed by atoms with Crippen LogP contribution in [0, 0.1) is 13.8 Å². The van der Waals surface area contributed by atoms with Crippen LogP contribution in [-0.2, 0) is 26.2 Å². The molecular weight excluding hydrogens is 633 g/mol. The minimum Gasteiger partial charge on any atom is -0.495 e. The number of anilines is 1. The number of aryl methyl sites for hydroxylation is 2. The number of sulfonamides is 1. The Morgan fingerprint density at radius 1 is 0.956 bits per heavy atom. The zero-order valence-corrected chi connectivity index (χ0v) is 28.5. The molecule has 242 valence electrons. The molecule has 0 saturated heterocycles. The summed E-state index contributed by atoms with van der Waals surface area (Å²) in [5.74, 6) is -0.593. The number of nitrogens with one attached hydrogen (secondary N) is 1. The average molecular weight is 675 g/mol. The second-order valence-corrected chi connectivity index (χ2v) is 14.2. The van der Waals surface area contributed by atoms with Crippen molar-refractivity contribution < 1.29 is 22.7 Å². The molecule has 45 heavy (non-hydrogen) atoms. The molecule has 8 nitrogen and oxygen atoms in total. The Bertz CT molecular complexity index is 1590. The number of carbonyl (C=O) groups is 2. The van der Waals surface area contributed by atoms with E-state index >= 15 is 0 Å². The van der Waals surface area contributed by atoms with E-state index in [1.165, 1.54) is 24.1 Å². The topological polar surface area (TPSA) is 96.0 Å². The van der Waals surface area contributed by atoms with Gasteiger partial charge < -0.3 is 15.0 Å². The molecule has 1 aliphatic carbocycles. The van der Waals surface area contributed by atoms with E-state index < -0.39 is 28.5 Å². The number of ether oxygens (including phenoxy) is 1. The van der Waals surface area contributed by atoms with E-state index in [-0.39, 0.29) is 34.8 Å². The second-order valence-electron chi connectivity index (χ2n) is 11.5. The van der Waals surface area contributed by atoms with Gasteiger partial charge in [-0.25, -0.2) is 8.42 Å². The van der Waals surface area contributed by atoms with E-state index in [4.69, 9.17) is 27.9 Å². The number of hydrogen-bond donors (Lipinski definition) is 1. The van der Waals surface area contributed by atoms with Gasteiger partial charge in [-0.15, -0.1) is 0 Å². The van der Waals surface area contributed by atoms with Gasteiger partial charge in [0.1, 0.15) is 18.3 Å². The van der Waals surface area contributed by atoms with E-state index in [1.54, 1.807) is 48.5 Å². The highest BCUT2D eigenvalue weighted by Gasteiger charge is 2.36. The van der Waals surface area contributed by atoms with Gasteiger partial charge in [0.05, 0.1) is 17.7 Å². The first kappa shape index (κ1) is 34.6. The van der Waals surface area contributed by atoms with Crippen LogP contribution in [0.1, 0.15) is 62.1 Å². The standard InChI is InChI=1S/C34H41Cl2N3O5S/c1-5-30(34(41)37-25-10-7-6-8-11-25)38(21-27-28(35)12-9-13-29(27)36)33(40)22-39(31-20-24(3)16-19-32(31)44-4)45(42,43)26-17-14-23(2)15-18-26/h9,12-20,25,30H,5-8,10-11,21-22H2,1-4H3,(H,37,41)/t30-/m1/s1. The predicted molar refractivity (Wildman–Crippen MR) is 180 cm³/mol. The number of carbonyl (C=O) groups excluding carboxylic acids is 2. The van der Waals surface area contributed by atoms with Crippen LogP contribution in [0.25, 0.3) is 0 Å². The fraction of sp³-hybridized carbons (Fsp3) is 0.412. The Labute approximate surface area is 276 Å². The van der Waals surface area contributed by atoms with Gasteiger partial charge in [0.2, 0.25) is 11.8 Å². The lowest BCUT2D eigenvalue weighted by molar-refractivity contribution is -0.140. The van der Waals surface area contributed by atoms with Crippen molar-refractivity contribution in [2.24, 2.45) is 0 Å². The molecule has 3 aromatic carbocycles. The lowest BCUT2D eigenvalue weighted by Crippen LogP contribution is -2.54. The number of rotatable bonds is 12. The Kier molecular flexibility index (Phi) is 11.8. The molecule has 0 bridgehead atoms. The van der Waals surface area contributed by atoms with Gasteiger partial charge >= 0.3 is 0 Å². The van der Waals surface area contributed by atoms with Gasteiger partial charge in [-0.05, 0) is 75.1 Å². The molecule has 4 rings (SSSR count). The number of halogens is 2. The van der Waals surface area contributed by atoms with Crippen LogP contribution in [0.4, 0.5) is 5.69 Å². The van der Waals surface area contributed by atoms with Crippen LogP contribution in [0.5, 0.6) is 5.75 Å². The van der Waals surface area contributed by atoms with Gasteiger partial charge in [-0.3, -0.25) is 13.9 Å². The number of amides is 2. The summed E-state index contributed by atoms with van der Waals surface area (Å²) in [6.07, 6.45) is 5.25. The zero-order valence-electron chi connectivity index (χ0n) is 26.2. The van der Waals surface area contributed by atoms with E-state index in [1.807, 2.05) is 20.8 Å². The third-order valence-corrected chi connectivity index (χ3v) is 10.7. The highest BCUT2D eigenvalue weighted by Crippen LogP contribution is 2.34. The summed E-state index contributed by atoms with van der Waals surface area (Å²) in [7, 11) is -2.81. The van der Waals surface area contributed by atoms with Crippen molar-refractivity contribution in [2.45, 2.75) is 82.8 Å². The Morgan fingerprint density at radius 2 is 1.58 bits per heavy atom. The summed E-state index contributed by atoms with van der Waals surface area (Å²) in [6.45, 7) is 4.84. The molecular formula is C34H41Cl2N3O5S. The minimum atomic E-state index is -4.26. The molecule has 1 N–H and O–H groups in total. The van der Waals surface area contributed by atoms with Crippen molar-refractivity contribution in [3.63, 3.8) is 0 Å². The molecule has 0 radical (unpaired) electrons. The third kappa shape index (κ3) is 8.31. The molecule has 0 aliphatic heterocycles. The molecule has 0 unspecified atom stereocenters. The van der Waals surface area contributed by atoms with Crippen LogP contribution >= 0.6 is 23.2 Å². The summed E-state index contributed by atoms with van der Waals surface area (Å²) in [5.41, 5.74) is 2.35. The fourth-order valence-corrected chi connectivity index (χ4v) is 7.60. The van der Waals surface area contributed by atoms with Crippen LogP contribution in [0.15, 0.2) is 65.6 Å². The zero-order chi connectivity index (χ0) is 32.7. The van der Waals surface area contributed by atoms with Crippen LogP contribution in [-0.4, -0.2) is 50.9 Å². The maximum Gasteiger partial charge on any atom is 0.264 e. The molecule has 0 spiro atoms. The third-order valence-electron chi connectivity index (χ3n) is 8.22. The average Bonchev–Trinajstić information content (AvgIpc) is 3.01. The second kappa shape index (κ2) is 15.3. The summed E-state index contributed by atoms with van der Waals surface area (Å²) >= 11 is 13.1. The van der Waals surface area contributed by atoms with Crippen molar-refractivity contribution >= 4 is 50.7 Å². The molecule has 3 aromatic rings. The first-order chi connectivity index (χ1) is 21.5. The van der Waals surface area contributed by atoms with Crippen molar-refractivity contribution in [1.29, 1.82) is 0 Å². The fourth-order valence-electron chi connectivity index (χ4n) is 5.66. The minimum absolute atomic E-state index is 0.0206. The number of hydrogen-bond acceptors (Lipinski definition) is 5. The van der Waals surface area contributed by atoms with Crippen LogP contribution < -0.4 is 14.4 Å². The van der Waals surface area contributed by atoms with Crippen molar-refractivity contribution in [3.05, 3.63) is 87.4 Å². The number of benzene rings is 3. The van der Waals surface area contributed by atoms with Gasteiger partial charge in [0.15, 0.2) is 0 Å². The summed E-state index contributed by atoms with van der Waals surface area (Å²) in [5, 5.41) is 3.82. The SMILES string of the molecule is CC[C@H](C(=O)NC1CCCCC1)N(Cc1c(Cl)cccc1Cl)C(=O)CN(c1cc(C)ccc1OC)S(=O)(=O)c1ccc(C)cc1. The van der Waals surface area contributed by atoms with Gasteiger partial charge in [0.25, 0.3) is 10.0 Å².